The molecule has 138 valence electrons. The third kappa shape index (κ3) is 3.40. The zero-order valence-electron chi connectivity index (χ0n) is 14.2. The molecule has 0 aromatic carbocycles. The average Bonchev–Trinajstić information content (AvgIpc) is 2.66. The third-order valence-electron chi connectivity index (χ3n) is 4.73. The number of aromatic nitrogens is 5. The molecule has 0 amide bonds. The first-order valence-corrected chi connectivity index (χ1v) is 8.42. The highest BCUT2D eigenvalue weighted by Gasteiger charge is 2.48. The molecule has 0 atom stereocenters. The van der Waals surface area contributed by atoms with Crippen LogP contribution in [0.25, 0.3) is 11.1 Å². The van der Waals surface area contributed by atoms with Crippen LogP contribution in [0.5, 0.6) is 0 Å². The standard InChI is InChI=1S/C18H16F2N6O/c19-13-4-18(5-13,15-14(20)2-1-3-21-15)10-26-16-22-6-11(7-23-16)12-8-24-17(27)25-9-12/h1-3,6-9,13H,4-5,10H2,(H,22,23,26)(H,24,25,27). The summed E-state index contributed by atoms with van der Waals surface area (Å²) in [5.74, 6) is -0.0952. The van der Waals surface area contributed by atoms with E-state index in [1.54, 1.807) is 12.4 Å². The maximum atomic E-state index is 14.2. The topological polar surface area (TPSA) is 96.5 Å². The predicted molar refractivity (Wildman–Crippen MR) is 94.4 cm³/mol. The van der Waals surface area contributed by atoms with Crippen LogP contribution in [0.15, 0.2) is 47.9 Å². The van der Waals surface area contributed by atoms with Crippen molar-refractivity contribution in [1.29, 1.82) is 0 Å². The summed E-state index contributed by atoms with van der Waals surface area (Å²) in [6, 6.07) is 2.85. The lowest BCUT2D eigenvalue weighted by atomic mass is 9.65. The first kappa shape index (κ1) is 17.2. The second kappa shape index (κ2) is 6.82. The van der Waals surface area contributed by atoms with Gasteiger partial charge in [-0.3, -0.25) is 4.98 Å². The zero-order chi connectivity index (χ0) is 18.9. The van der Waals surface area contributed by atoms with Gasteiger partial charge >= 0.3 is 5.69 Å². The van der Waals surface area contributed by atoms with Crippen LogP contribution in [0, 0.1) is 5.82 Å². The average molecular weight is 370 g/mol. The summed E-state index contributed by atoms with van der Waals surface area (Å²) in [4.78, 5) is 29.7. The van der Waals surface area contributed by atoms with Crippen LogP contribution in [0.2, 0.25) is 0 Å². The second-order valence-corrected chi connectivity index (χ2v) is 6.58. The number of pyridine rings is 1. The fraction of sp³-hybridized carbons (Fsp3) is 0.278. The fourth-order valence-electron chi connectivity index (χ4n) is 3.30. The molecule has 1 aliphatic carbocycles. The summed E-state index contributed by atoms with van der Waals surface area (Å²) in [6.07, 6.45) is 7.06. The van der Waals surface area contributed by atoms with Crippen molar-refractivity contribution in [3.63, 3.8) is 0 Å². The maximum absolute atomic E-state index is 14.2. The van der Waals surface area contributed by atoms with E-state index in [1.165, 1.54) is 30.7 Å². The van der Waals surface area contributed by atoms with Gasteiger partial charge < -0.3 is 10.3 Å². The molecule has 0 aliphatic heterocycles. The van der Waals surface area contributed by atoms with Gasteiger partial charge in [0.25, 0.3) is 0 Å². The van der Waals surface area contributed by atoms with E-state index in [9.17, 15) is 13.6 Å². The number of hydrogen-bond acceptors (Lipinski definition) is 6. The highest BCUT2D eigenvalue weighted by molar-refractivity contribution is 5.59. The van der Waals surface area contributed by atoms with Crippen LogP contribution < -0.4 is 11.0 Å². The van der Waals surface area contributed by atoms with Crippen molar-refractivity contribution in [3.05, 3.63) is 65.1 Å². The monoisotopic (exact) mass is 370 g/mol. The highest BCUT2D eigenvalue weighted by atomic mass is 19.1. The SMILES string of the molecule is O=c1ncc(-c2cnc(NCC3(c4ncccc4F)CC(F)C3)nc2)c[nH]1. The lowest BCUT2D eigenvalue weighted by Gasteiger charge is -2.43. The lowest BCUT2D eigenvalue weighted by molar-refractivity contribution is 0.0963. The third-order valence-corrected chi connectivity index (χ3v) is 4.73. The van der Waals surface area contributed by atoms with Gasteiger partial charge in [0, 0.05) is 54.1 Å². The van der Waals surface area contributed by atoms with Crippen molar-refractivity contribution < 1.29 is 8.78 Å². The summed E-state index contributed by atoms with van der Waals surface area (Å²) in [5.41, 5.74) is 0.476. The molecule has 0 radical (unpaired) electrons. The van der Waals surface area contributed by atoms with Crippen molar-refractivity contribution in [2.45, 2.75) is 24.4 Å². The van der Waals surface area contributed by atoms with E-state index in [0.717, 1.165) is 0 Å². The van der Waals surface area contributed by atoms with Crippen molar-refractivity contribution >= 4 is 5.95 Å². The Bertz CT molecular complexity index is 981. The Morgan fingerprint density at radius 1 is 1.15 bits per heavy atom. The number of anilines is 1. The van der Waals surface area contributed by atoms with E-state index in [1.807, 2.05) is 0 Å². The Hall–Kier alpha value is -3.23. The molecule has 0 unspecified atom stereocenters. The summed E-state index contributed by atoms with van der Waals surface area (Å²) >= 11 is 0. The molecule has 3 aromatic rings. The van der Waals surface area contributed by atoms with Crippen LogP contribution in [0.3, 0.4) is 0 Å². The normalized spacial score (nSPS) is 21.5. The quantitative estimate of drug-likeness (QED) is 0.715. The largest absolute Gasteiger partial charge is 0.353 e. The van der Waals surface area contributed by atoms with E-state index in [2.05, 4.69) is 30.2 Å². The van der Waals surface area contributed by atoms with Crippen molar-refractivity contribution in [2.75, 3.05) is 11.9 Å². The summed E-state index contributed by atoms with van der Waals surface area (Å²) in [5, 5.41) is 3.05. The van der Waals surface area contributed by atoms with Gasteiger partial charge in [-0.15, -0.1) is 0 Å². The number of hydrogen-bond donors (Lipinski definition) is 2. The van der Waals surface area contributed by atoms with E-state index < -0.39 is 23.1 Å². The Labute approximate surface area is 153 Å². The lowest BCUT2D eigenvalue weighted by Crippen LogP contribution is -2.49. The van der Waals surface area contributed by atoms with E-state index >= 15 is 0 Å². The van der Waals surface area contributed by atoms with Gasteiger partial charge in [-0.2, -0.15) is 0 Å². The molecule has 3 aromatic heterocycles. The van der Waals surface area contributed by atoms with Crippen molar-refractivity contribution in [3.8, 4) is 11.1 Å². The Balaban J connectivity index is 1.49. The van der Waals surface area contributed by atoms with Gasteiger partial charge in [-0.1, -0.05) is 0 Å². The number of aromatic amines is 1. The van der Waals surface area contributed by atoms with Crippen LogP contribution in [-0.4, -0.2) is 37.6 Å². The highest BCUT2D eigenvalue weighted by Crippen LogP contribution is 2.45. The van der Waals surface area contributed by atoms with Crippen LogP contribution in [0.1, 0.15) is 18.5 Å². The number of nitrogens with zero attached hydrogens (tertiary/aromatic N) is 4. The smallest absolute Gasteiger partial charge is 0.344 e. The molecule has 1 fully saturated rings. The molecule has 3 heterocycles. The predicted octanol–water partition coefficient (Wildman–Crippen LogP) is 2.24. The molecule has 1 aliphatic rings. The minimum Gasteiger partial charge on any atom is -0.353 e. The minimum absolute atomic E-state index is 0.203. The van der Waals surface area contributed by atoms with Gasteiger partial charge in [0.05, 0.1) is 5.69 Å². The molecule has 9 heteroatoms. The maximum Gasteiger partial charge on any atom is 0.344 e. The number of alkyl halides is 1. The molecule has 4 rings (SSSR count). The molecule has 2 N–H and O–H groups in total. The Morgan fingerprint density at radius 2 is 1.89 bits per heavy atom. The number of H-pyrrole nitrogens is 1. The molecule has 0 bridgehead atoms. The van der Waals surface area contributed by atoms with Crippen LogP contribution >= 0.6 is 0 Å². The number of nitrogens with one attached hydrogen (secondary N) is 2. The van der Waals surface area contributed by atoms with Gasteiger partial charge in [0.1, 0.15) is 12.0 Å². The number of halogens is 2. The summed E-state index contributed by atoms with van der Waals surface area (Å²) < 4.78 is 27.7. The first-order chi connectivity index (χ1) is 13.1. The molecule has 0 spiro atoms. The van der Waals surface area contributed by atoms with Crippen molar-refractivity contribution in [1.82, 2.24) is 24.9 Å². The van der Waals surface area contributed by atoms with Crippen molar-refractivity contribution in [2.24, 2.45) is 0 Å². The molecular weight excluding hydrogens is 354 g/mol. The van der Waals surface area contributed by atoms with Crippen LogP contribution in [0.4, 0.5) is 14.7 Å². The van der Waals surface area contributed by atoms with Gasteiger partial charge in [0.15, 0.2) is 0 Å². The van der Waals surface area contributed by atoms with E-state index in [4.69, 9.17) is 0 Å². The zero-order valence-corrected chi connectivity index (χ0v) is 14.2. The molecule has 0 saturated heterocycles. The Morgan fingerprint density at radius 3 is 2.52 bits per heavy atom. The minimum atomic E-state index is -0.968. The fourth-order valence-corrected chi connectivity index (χ4v) is 3.30. The summed E-state index contributed by atoms with van der Waals surface area (Å²) in [6.45, 7) is 0.279. The molecular formula is C18H16F2N6O. The van der Waals surface area contributed by atoms with Gasteiger partial charge in [-0.05, 0) is 25.0 Å². The van der Waals surface area contributed by atoms with Gasteiger partial charge in [0.2, 0.25) is 5.95 Å². The summed E-state index contributed by atoms with van der Waals surface area (Å²) in [7, 11) is 0. The van der Waals surface area contributed by atoms with Crippen LogP contribution in [-0.2, 0) is 5.41 Å². The Kier molecular flexibility index (Phi) is 4.35. The second-order valence-electron chi connectivity index (χ2n) is 6.58. The van der Waals surface area contributed by atoms with Gasteiger partial charge in [-0.25, -0.2) is 28.5 Å². The molecule has 7 nitrogen and oxygen atoms in total. The number of rotatable bonds is 5. The van der Waals surface area contributed by atoms with E-state index in [0.29, 0.717) is 17.1 Å². The van der Waals surface area contributed by atoms with E-state index in [-0.39, 0.29) is 25.1 Å². The first-order valence-electron chi connectivity index (χ1n) is 8.42. The molecule has 27 heavy (non-hydrogen) atoms. The molecule has 1 saturated carbocycles.